The van der Waals surface area contributed by atoms with E-state index < -0.39 is 0 Å². The van der Waals surface area contributed by atoms with Crippen LogP contribution in [-0.4, -0.2) is 13.4 Å². The van der Waals surface area contributed by atoms with E-state index in [1.807, 2.05) is 18.2 Å². The van der Waals surface area contributed by atoms with Gasteiger partial charge in [0.25, 0.3) is 0 Å². The maximum absolute atomic E-state index is 10.6. The summed E-state index contributed by atoms with van der Waals surface area (Å²) in [5.41, 5.74) is 3.84. The summed E-state index contributed by atoms with van der Waals surface area (Å²) in [4.78, 5) is 10.6. The summed E-state index contributed by atoms with van der Waals surface area (Å²) in [6.45, 7) is 0. The summed E-state index contributed by atoms with van der Waals surface area (Å²) in [6.07, 6.45) is 4.88. The van der Waals surface area contributed by atoms with Gasteiger partial charge in [-0.15, -0.1) is 0 Å². The minimum atomic E-state index is 0.576. The Bertz CT molecular complexity index is 418. The smallest absolute Gasteiger partial charge is 0.124 e. The van der Waals surface area contributed by atoms with E-state index >= 15 is 0 Å². The second kappa shape index (κ2) is 4.97. The van der Waals surface area contributed by atoms with E-state index in [0.717, 1.165) is 31.3 Å². The Balaban J connectivity index is 2.34. The highest BCUT2D eigenvalue weighted by atomic mass is 16.5. The number of ether oxygens (including phenoxy) is 1. The van der Waals surface area contributed by atoms with Crippen molar-refractivity contribution in [3.05, 3.63) is 35.4 Å². The van der Waals surface area contributed by atoms with Gasteiger partial charge in [-0.2, -0.15) is 0 Å². The molecular weight excluding hydrogens is 200 g/mol. The van der Waals surface area contributed by atoms with Crippen LogP contribution in [-0.2, 0) is 4.79 Å². The van der Waals surface area contributed by atoms with Crippen LogP contribution in [0.4, 0.5) is 0 Å². The lowest BCUT2D eigenvalue weighted by Crippen LogP contribution is -1.88. The Morgan fingerprint density at radius 1 is 1.38 bits per heavy atom. The van der Waals surface area contributed by atoms with Crippen molar-refractivity contribution in [2.75, 3.05) is 7.11 Å². The zero-order chi connectivity index (χ0) is 11.4. The average molecular weight is 216 g/mol. The molecule has 2 nitrogen and oxygen atoms in total. The molecule has 0 N–H and O–H groups in total. The van der Waals surface area contributed by atoms with Crippen LogP contribution in [0.25, 0.3) is 5.57 Å². The topological polar surface area (TPSA) is 26.3 Å². The molecule has 2 heteroatoms. The number of benzene rings is 1. The van der Waals surface area contributed by atoms with Crippen molar-refractivity contribution < 1.29 is 9.53 Å². The van der Waals surface area contributed by atoms with E-state index in [9.17, 15) is 4.79 Å². The number of carbonyl (C=O) groups is 1. The predicted molar refractivity (Wildman–Crippen MR) is 64.4 cm³/mol. The number of carbonyl (C=O) groups excluding carboxylic acids is 1. The fourth-order valence-electron chi connectivity index (χ4n) is 2.29. The maximum atomic E-state index is 10.6. The van der Waals surface area contributed by atoms with Crippen LogP contribution in [0.1, 0.15) is 31.2 Å². The second-order valence-corrected chi connectivity index (χ2v) is 4.04. The molecule has 0 unspecified atom stereocenters. The molecule has 0 radical (unpaired) electrons. The standard InChI is InChI=1S/C14H16O2/c1-16-13-6-2-5-12(10-13)14-7-3-4-11(14)8-9-15/h2,5-6,9-10H,3-4,7-8H2,1H3. The molecule has 0 fully saturated rings. The lowest BCUT2D eigenvalue weighted by molar-refractivity contribution is -0.107. The van der Waals surface area contributed by atoms with Crippen LogP contribution < -0.4 is 4.74 Å². The minimum absolute atomic E-state index is 0.576. The lowest BCUT2D eigenvalue weighted by atomic mass is 10.0. The average Bonchev–Trinajstić information content (AvgIpc) is 2.78. The van der Waals surface area contributed by atoms with Crippen LogP contribution in [0.3, 0.4) is 0 Å². The largest absolute Gasteiger partial charge is 0.497 e. The SMILES string of the molecule is COc1cccc(C2=C(CC=O)CCC2)c1. The maximum Gasteiger partial charge on any atom is 0.124 e. The molecule has 1 aliphatic rings. The number of aldehydes is 1. The molecule has 2 rings (SSSR count). The Morgan fingerprint density at radius 2 is 2.25 bits per heavy atom. The summed E-state index contributed by atoms with van der Waals surface area (Å²) < 4.78 is 5.22. The number of methoxy groups -OCH3 is 1. The molecule has 0 aliphatic heterocycles. The summed E-state index contributed by atoms with van der Waals surface area (Å²) in [6, 6.07) is 8.08. The molecule has 0 saturated heterocycles. The molecule has 0 aromatic heterocycles. The van der Waals surface area contributed by atoms with Crippen LogP contribution in [0.15, 0.2) is 29.8 Å². The van der Waals surface area contributed by atoms with E-state index in [-0.39, 0.29) is 0 Å². The summed E-state index contributed by atoms with van der Waals surface area (Å²) >= 11 is 0. The van der Waals surface area contributed by atoms with Gasteiger partial charge in [0.05, 0.1) is 7.11 Å². The normalized spacial score (nSPS) is 15.3. The molecule has 1 aliphatic carbocycles. The first-order chi connectivity index (χ1) is 7.85. The molecule has 0 heterocycles. The number of hydrogen-bond donors (Lipinski definition) is 0. The molecule has 0 saturated carbocycles. The number of hydrogen-bond acceptors (Lipinski definition) is 2. The number of allylic oxidation sites excluding steroid dienone is 2. The highest BCUT2D eigenvalue weighted by Gasteiger charge is 2.15. The highest BCUT2D eigenvalue weighted by molar-refractivity contribution is 5.74. The molecule has 0 bridgehead atoms. The van der Waals surface area contributed by atoms with E-state index in [0.29, 0.717) is 6.42 Å². The van der Waals surface area contributed by atoms with Gasteiger partial charge in [0, 0.05) is 6.42 Å². The summed E-state index contributed by atoms with van der Waals surface area (Å²) in [5, 5.41) is 0. The zero-order valence-electron chi connectivity index (χ0n) is 9.53. The first kappa shape index (κ1) is 10.9. The monoisotopic (exact) mass is 216 g/mol. The first-order valence-electron chi connectivity index (χ1n) is 5.64. The molecule has 1 aromatic rings. The van der Waals surface area contributed by atoms with Gasteiger partial charge in [-0.3, -0.25) is 0 Å². The van der Waals surface area contributed by atoms with Crippen molar-refractivity contribution in [1.82, 2.24) is 0 Å². The Labute approximate surface area is 95.9 Å². The Hall–Kier alpha value is -1.57. The first-order valence-corrected chi connectivity index (χ1v) is 5.64. The van der Waals surface area contributed by atoms with Crippen molar-refractivity contribution in [3.63, 3.8) is 0 Å². The Kier molecular flexibility index (Phi) is 3.40. The van der Waals surface area contributed by atoms with Crippen molar-refractivity contribution in [2.45, 2.75) is 25.7 Å². The van der Waals surface area contributed by atoms with Gasteiger partial charge in [-0.1, -0.05) is 17.7 Å². The molecule has 84 valence electrons. The van der Waals surface area contributed by atoms with Gasteiger partial charge in [-0.25, -0.2) is 0 Å². The summed E-state index contributed by atoms with van der Waals surface area (Å²) in [7, 11) is 1.68. The summed E-state index contributed by atoms with van der Waals surface area (Å²) in [5.74, 6) is 0.877. The number of rotatable bonds is 4. The fourth-order valence-corrected chi connectivity index (χ4v) is 2.29. The van der Waals surface area contributed by atoms with Crippen LogP contribution in [0, 0.1) is 0 Å². The van der Waals surface area contributed by atoms with Crippen LogP contribution in [0.2, 0.25) is 0 Å². The molecule has 1 aromatic carbocycles. The molecule has 0 atom stereocenters. The molecule has 0 spiro atoms. The van der Waals surface area contributed by atoms with Gasteiger partial charge in [-0.05, 0) is 42.5 Å². The fraction of sp³-hybridized carbons (Fsp3) is 0.357. The van der Waals surface area contributed by atoms with Gasteiger partial charge in [0.2, 0.25) is 0 Å². The van der Waals surface area contributed by atoms with Crippen molar-refractivity contribution in [2.24, 2.45) is 0 Å². The van der Waals surface area contributed by atoms with Crippen LogP contribution >= 0.6 is 0 Å². The van der Waals surface area contributed by atoms with E-state index in [4.69, 9.17) is 4.74 Å². The van der Waals surface area contributed by atoms with Crippen molar-refractivity contribution in [3.8, 4) is 5.75 Å². The third-order valence-electron chi connectivity index (χ3n) is 3.08. The molecule has 0 amide bonds. The predicted octanol–water partition coefficient (Wildman–Crippen LogP) is 3.22. The van der Waals surface area contributed by atoms with E-state index in [1.165, 1.54) is 16.7 Å². The van der Waals surface area contributed by atoms with Gasteiger partial charge in [0.15, 0.2) is 0 Å². The van der Waals surface area contributed by atoms with Crippen molar-refractivity contribution >= 4 is 11.9 Å². The molecular formula is C14H16O2. The third-order valence-corrected chi connectivity index (χ3v) is 3.08. The van der Waals surface area contributed by atoms with E-state index in [1.54, 1.807) is 7.11 Å². The zero-order valence-corrected chi connectivity index (χ0v) is 9.53. The van der Waals surface area contributed by atoms with Crippen molar-refractivity contribution in [1.29, 1.82) is 0 Å². The second-order valence-electron chi connectivity index (χ2n) is 4.04. The minimum Gasteiger partial charge on any atom is -0.497 e. The van der Waals surface area contributed by atoms with Gasteiger partial charge < -0.3 is 9.53 Å². The van der Waals surface area contributed by atoms with Gasteiger partial charge in [0.1, 0.15) is 12.0 Å². The Morgan fingerprint density at radius 3 is 3.00 bits per heavy atom. The quantitative estimate of drug-likeness (QED) is 0.722. The molecule has 16 heavy (non-hydrogen) atoms. The van der Waals surface area contributed by atoms with Crippen LogP contribution in [0.5, 0.6) is 5.75 Å². The lowest BCUT2D eigenvalue weighted by Gasteiger charge is -2.07. The third kappa shape index (κ3) is 2.16. The van der Waals surface area contributed by atoms with E-state index in [2.05, 4.69) is 6.07 Å². The highest BCUT2D eigenvalue weighted by Crippen LogP contribution is 2.36. The van der Waals surface area contributed by atoms with Gasteiger partial charge >= 0.3 is 0 Å².